The molecule has 20 heavy (non-hydrogen) atoms. The highest BCUT2D eigenvalue weighted by Crippen LogP contribution is 2.15. The van der Waals surface area contributed by atoms with Gasteiger partial charge in [0, 0.05) is 25.7 Å². The Hall–Kier alpha value is -1.40. The molecule has 6 nitrogen and oxygen atoms in total. The highest BCUT2D eigenvalue weighted by molar-refractivity contribution is 5.91. The van der Waals surface area contributed by atoms with Crippen LogP contribution in [0.15, 0.2) is 6.07 Å². The van der Waals surface area contributed by atoms with Crippen molar-refractivity contribution < 1.29 is 9.63 Å². The van der Waals surface area contributed by atoms with Crippen LogP contribution in [0.3, 0.4) is 0 Å². The summed E-state index contributed by atoms with van der Waals surface area (Å²) in [7, 11) is 1.42. The van der Waals surface area contributed by atoms with Crippen LogP contribution in [0.2, 0.25) is 0 Å². The van der Waals surface area contributed by atoms with Crippen LogP contribution in [0.5, 0.6) is 0 Å². The number of carbonyl (C=O) groups excluding carboxylic acids is 1. The van der Waals surface area contributed by atoms with Gasteiger partial charge in [0.2, 0.25) is 0 Å². The zero-order chi connectivity index (χ0) is 15.1. The number of carbonyl (C=O) groups is 1. The van der Waals surface area contributed by atoms with Gasteiger partial charge in [-0.1, -0.05) is 13.8 Å². The second kappa shape index (κ2) is 8.01. The summed E-state index contributed by atoms with van der Waals surface area (Å²) in [5.74, 6) is -0.297. The van der Waals surface area contributed by atoms with Gasteiger partial charge in [-0.15, -0.1) is 0 Å². The minimum absolute atomic E-state index is 0.297. The van der Waals surface area contributed by atoms with E-state index in [4.69, 9.17) is 0 Å². The Kier molecular flexibility index (Phi) is 6.67. The average molecular weight is 282 g/mol. The first-order valence-corrected chi connectivity index (χ1v) is 7.26. The number of nitrogens with zero attached hydrogens (tertiary/aromatic N) is 3. The molecule has 1 aliphatic rings. The van der Waals surface area contributed by atoms with Gasteiger partial charge in [0.1, 0.15) is 0 Å². The van der Waals surface area contributed by atoms with Crippen molar-refractivity contribution in [2.75, 3.05) is 13.7 Å². The molecule has 0 saturated carbocycles. The third-order valence-electron chi connectivity index (χ3n) is 3.20. The van der Waals surface area contributed by atoms with Crippen LogP contribution in [0, 0.1) is 0 Å². The fourth-order valence-corrected chi connectivity index (χ4v) is 2.18. The molecular weight excluding hydrogens is 256 g/mol. The van der Waals surface area contributed by atoms with Crippen LogP contribution < -0.4 is 5.48 Å². The second-order valence-electron chi connectivity index (χ2n) is 4.80. The summed E-state index contributed by atoms with van der Waals surface area (Å²) >= 11 is 0. The summed E-state index contributed by atoms with van der Waals surface area (Å²) < 4.78 is 1.92. The second-order valence-corrected chi connectivity index (χ2v) is 4.80. The molecule has 1 aliphatic heterocycles. The monoisotopic (exact) mass is 282 g/mol. The first kappa shape index (κ1) is 16.7. The van der Waals surface area contributed by atoms with E-state index in [9.17, 15) is 4.79 Å². The lowest BCUT2D eigenvalue weighted by Gasteiger charge is -2.23. The van der Waals surface area contributed by atoms with Gasteiger partial charge >= 0.3 is 0 Å². The number of aromatic nitrogens is 2. The van der Waals surface area contributed by atoms with Gasteiger partial charge in [-0.25, -0.2) is 5.48 Å². The Morgan fingerprint density at radius 1 is 1.40 bits per heavy atom. The van der Waals surface area contributed by atoms with E-state index in [1.165, 1.54) is 7.11 Å². The summed E-state index contributed by atoms with van der Waals surface area (Å²) in [5.41, 5.74) is 3.79. The molecule has 0 bridgehead atoms. The Balaban J connectivity index is 0.000000956. The van der Waals surface area contributed by atoms with Gasteiger partial charge in [0.05, 0.1) is 12.8 Å². The third kappa shape index (κ3) is 4.05. The molecular formula is C14H26N4O2. The van der Waals surface area contributed by atoms with Crippen LogP contribution >= 0.6 is 0 Å². The van der Waals surface area contributed by atoms with Gasteiger partial charge in [-0.2, -0.15) is 5.10 Å². The lowest BCUT2D eigenvalue weighted by molar-refractivity contribution is 0.0531. The zero-order valence-corrected chi connectivity index (χ0v) is 13.1. The van der Waals surface area contributed by atoms with E-state index in [1.807, 2.05) is 24.6 Å². The molecule has 0 unspecified atom stereocenters. The number of fused-ring (bicyclic) bond motifs is 1. The molecule has 0 fully saturated rings. The van der Waals surface area contributed by atoms with E-state index < -0.39 is 0 Å². The first-order chi connectivity index (χ1) is 9.61. The van der Waals surface area contributed by atoms with E-state index in [0.717, 1.165) is 31.7 Å². The summed E-state index contributed by atoms with van der Waals surface area (Å²) in [5, 5.41) is 4.32. The maximum Gasteiger partial charge on any atom is 0.295 e. The highest BCUT2D eigenvalue weighted by atomic mass is 16.6. The summed E-state index contributed by atoms with van der Waals surface area (Å²) in [6.07, 6.45) is 1.05. The molecule has 6 heteroatoms. The predicted octanol–water partition coefficient (Wildman–Crippen LogP) is 1.81. The molecule has 0 aromatic carbocycles. The molecule has 2 rings (SSSR count). The third-order valence-corrected chi connectivity index (χ3v) is 3.20. The first-order valence-electron chi connectivity index (χ1n) is 7.26. The van der Waals surface area contributed by atoms with Crippen LogP contribution in [0.25, 0.3) is 0 Å². The average Bonchev–Trinajstić information content (AvgIpc) is 2.73. The maximum atomic E-state index is 11.6. The van der Waals surface area contributed by atoms with E-state index in [-0.39, 0.29) is 5.91 Å². The predicted molar refractivity (Wildman–Crippen MR) is 78.2 cm³/mol. The Labute approximate surface area is 121 Å². The number of hydrogen-bond donors (Lipinski definition) is 1. The SMILES string of the molecule is CC.CONC(=O)c1cc2n(n1)CCCN(C(C)C)C2. The molecule has 0 saturated heterocycles. The van der Waals surface area contributed by atoms with Crippen molar-refractivity contribution in [1.29, 1.82) is 0 Å². The number of amides is 1. The van der Waals surface area contributed by atoms with Gasteiger partial charge in [0.25, 0.3) is 5.91 Å². The summed E-state index contributed by atoms with van der Waals surface area (Å²) in [6.45, 7) is 11.1. The van der Waals surface area contributed by atoms with E-state index in [0.29, 0.717) is 11.7 Å². The zero-order valence-electron chi connectivity index (χ0n) is 13.1. The quantitative estimate of drug-likeness (QED) is 0.859. The van der Waals surface area contributed by atoms with Crippen molar-refractivity contribution in [1.82, 2.24) is 20.2 Å². The molecule has 2 heterocycles. The van der Waals surface area contributed by atoms with Gasteiger partial charge in [-0.05, 0) is 26.3 Å². The maximum absolute atomic E-state index is 11.6. The van der Waals surface area contributed by atoms with Gasteiger partial charge < -0.3 is 0 Å². The molecule has 1 aromatic heterocycles. The Morgan fingerprint density at radius 2 is 2.10 bits per heavy atom. The van der Waals surface area contributed by atoms with E-state index in [1.54, 1.807) is 0 Å². The molecule has 1 aromatic rings. The van der Waals surface area contributed by atoms with Crippen LogP contribution in [-0.4, -0.2) is 40.3 Å². The molecule has 1 amide bonds. The minimum Gasteiger partial charge on any atom is -0.295 e. The minimum atomic E-state index is -0.297. The number of aryl methyl sites for hydroxylation is 1. The largest absolute Gasteiger partial charge is 0.295 e. The lowest BCUT2D eigenvalue weighted by atomic mass is 10.2. The van der Waals surface area contributed by atoms with E-state index in [2.05, 4.69) is 34.2 Å². The molecule has 114 valence electrons. The van der Waals surface area contributed by atoms with Crippen LogP contribution in [0.1, 0.15) is 50.3 Å². The number of hydrogen-bond acceptors (Lipinski definition) is 4. The van der Waals surface area contributed by atoms with Crippen molar-refractivity contribution in [3.8, 4) is 0 Å². The van der Waals surface area contributed by atoms with Crippen molar-refractivity contribution >= 4 is 5.91 Å². The fraction of sp³-hybridized carbons (Fsp3) is 0.714. The van der Waals surface area contributed by atoms with Crippen molar-refractivity contribution in [3.05, 3.63) is 17.5 Å². The summed E-state index contributed by atoms with van der Waals surface area (Å²) in [4.78, 5) is 18.6. The van der Waals surface area contributed by atoms with Crippen LogP contribution in [-0.2, 0) is 17.9 Å². The molecule has 1 N–H and O–H groups in total. The van der Waals surface area contributed by atoms with Gasteiger partial charge in [-0.3, -0.25) is 19.2 Å². The highest BCUT2D eigenvalue weighted by Gasteiger charge is 2.20. The topological polar surface area (TPSA) is 59.4 Å². The Bertz CT molecular complexity index is 429. The molecule has 0 radical (unpaired) electrons. The normalized spacial score (nSPS) is 15.1. The molecule has 0 aliphatic carbocycles. The molecule has 0 spiro atoms. The number of nitrogens with one attached hydrogen (secondary N) is 1. The van der Waals surface area contributed by atoms with Gasteiger partial charge in [0.15, 0.2) is 5.69 Å². The fourth-order valence-electron chi connectivity index (χ4n) is 2.18. The van der Waals surface area contributed by atoms with Crippen LogP contribution in [0.4, 0.5) is 0 Å². The number of hydroxylamine groups is 1. The standard InChI is InChI=1S/C12H20N4O2.C2H6/c1-9(2)15-5-4-6-16-10(8-15)7-11(13-16)12(17)14-18-3;1-2/h7,9H,4-6,8H2,1-3H3,(H,14,17);1-2H3. The van der Waals surface area contributed by atoms with Crippen molar-refractivity contribution in [2.24, 2.45) is 0 Å². The van der Waals surface area contributed by atoms with Crippen molar-refractivity contribution in [2.45, 2.75) is 53.2 Å². The number of rotatable bonds is 3. The smallest absolute Gasteiger partial charge is 0.295 e. The molecule has 0 atom stereocenters. The Morgan fingerprint density at radius 3 is 2.70 bits per heavy atom. The van der Waals surface area contributed by atoms with Crippen molar-refractivity contribution in [3.63, 3.8) is 0 Å². The summed E-state index contributed by atoms with van der Waals surface area (Å²) in [6, 6.07) is 2.34. The van der Waals surface area contributed by atoms with E-state index >= 15 is 0 Å². The lowest BCUT2D eigenvalue weighted by Crippen LogP contribution is -2.30.